The fourth-order valence-electron chi connectivity index (χ4n) is 0.756. The van der Waals surface area contributed by atoms with Gasteiger partial charge < -0.3 is 9.84 Å². The minimum atomic E-state index is -0.941. The molecule has 0 unspecified atom stereocenters. The van der Waals surface area contributed by atoms with E-state index in [4.69, 9.17) is 9.84 Å². The van der Waals surface area contributed by atoms with E-state index in [2.05, 4.69) is 0 Å². The molecular weight excluding hydrogens is 168 g/mol. The van der Waals surface area contributed by atoms with Crippen molar-refractivity contribution < 1.29 is 14.6 Å². The Balaban J connectivity index is 0.000000671. The van der Waals surface area contributed by atoms with Crippen LogP contribution in [0.25, 0.3) is 0 Å². The molecule has 0 aliphatic heterocycles. The lowest BCUT2D eigenvalue weighted by Gasteiger charge is -1.98. The third kappa shape index (κ3) is 3.60. The molecule has 72 valence electrons. The maximum Gasteiger partial charge on any atom is 0.335 e. The lowest BCUT2D eigenvalue weighted by molar-refractivity contribution is 0.0696. The number of aromatic carboxylic acids is 1. The predicted octanol–water partition coefficient (Wildman–Crippen LogP) is 2.42. The lowest BCUT2D eigenvalue weighted by atomic mass is 10.2. The molecule has 0 saturated heterocycles. The highest BCUT2D eigenvalue weighted by Gasteiger charge is 2.01. The third-order valence-electron chi connectivity index (χ3n) is 1.32. The zero-order chi connectivity index (χ0) is 10.3. The molecular formula is C10H14O3. The van der Waals surface area contributed by atoms with Crippen LogP contribution in [0.5, 0.6) is 5.75 Å². The Labute approximate surface area is 78.0 Å². The molecule has 1 aromatic carbocycles. The van der Waals surface area contributed by atoms with E-state index in [1.54, 1.807) is 12.1 Å². The van der Waals surface area contributed by atoms with E-state index >= 15 is 0 Å². The van der Waals surface area contributed by atoms with Gasteiger partial charge in [-0.25, -0.2) is 4.79 Å². The molecule has 1 rings (SSSR count). The van der Waals surface area contributed by atoms with E-state index in [1.165, 1.54) is 19.2 Å². The number of ether oxygens (including phenoxy) is 1. The van der Waals surface area contributed by atoms with Crippen LogP contribution in [0.2, 0.25) is 0 Å². The van der Waals surface area contributed by atoms with Gasteiger partial charge in [0.1, 0.15) is 5.75 Å². The van der Waals surface area contributed by atoms with Crippen molar-refractivity contribution in [3.05, 3.63) is 29.8 Å². The smallest absolute Gasteiger partial charge is 0.335 e. The number of carboxylic acid groups (broad SMARTS) is 1. The highest BCUT2D eigenvalue weighted by Crippen LogP contribution is 2.11. The van der Waals surface area contributed by atoms with Crippen molar-refractivity contribution in [3.63, 3.8) is 0 Å². The molecule has 0 aromatic heterocycles. The Morgan fingerprint density at radius 3 is 2.46 bits per heavy atom. The standard InChI is InChI=1S/C8H8O3.C2H6/c1-11-7-4-2-3-6(5-7)8(9)10;1-2/h2-5H,1H3,(H,9,10);1-2H3. The van der Waals surface area contributed by atoms with Gasteiger partial charge in [0.15, 0.2) is 0 Å². The third-order valence-corrected chi connectivity index (χ3v) is 1.32. The van der Waals surface area contributed by atoms with Gasteiger partial charge in [-0.1, -0.05) is 19.9 Å². The molecule has 0 saturated carbocycles. The zero-order valence-corrected chi connectivity index (χ0v) is 8.07. The first-order valence-corrected chi connectivity index (χ1v) is 4.11. The van der Waals surface area contributed by atoms with Crippen molar-refractivity contribution in [2.45, 2.75) is 13.8 Å². The van der Waals surface area contributed by atoms with Crippen LogP contribution >= 0.6 is 0 Å². The largest absolute Gasteiger partial charge is 0.497 e. The van der Waals surface area contributed by atoms with E-state index in [1.807, 2.05) is 13.8 Å². The fourth-order valence-corrected chi connectivity index (χ4v) is 0.756. The summed E-state index contributed by atoms with van der Waals surface area (Å²) in [6, 6.07) is 6.34. The Hall–Kier alpha value is -1.51. The number of hydrogen-bond acceptors (Lipinski definition) is 2. The number of benzene rings is 1. The maximum atomic E-state index is 10.4. The van der Waals surface area contributed by atoms with Crippen molar-refractivity contribution in [3.8, 4) is 5.75 Å². The molecule has 0 amide bonds. The molecule has 0 atom stereocenters. The highest BCUT2D eigenvalue weighted by atomic mass is 16.5. The van der Waals surface area contributed by atoms with Crippen LogP contribution in [-0.2, 0) is 0 Å². The molecule has 0 radical (unpaired) electrons. The van der Waals surface area contributed by atoms with E-state index < -0.39 is 5.97 Å². The summed E-state index contributed by atoms with van der Waals surface area (Å²) in [5.74, 6) is -0.381. The van der Waals surface area contributed by atoms with Crippen LogP contribution in [0.1, 0.15) is 24.2 Å². The molecule has 0 heterocycles. The average Bonchev–Trinajstić information content (AvgIpc) is 2.21. The molecule has 0 fully saturated rings. The summed E-state index contributed by atoms with van der Waals surface area (Å²) >= 11 is 0. The summed E-state index contributed by atoms with van der Waals surface area (Å²) in [4.78, 5) is 10.4. The molecule has 0 spiro atoms. The van der Waals surface area contributed by atoms with Crippen LogP contribution in [0.4, 0.5) is 0 Å². The van der Waals surface area contributed by atoms with Gasteiger partial charge in [0.2, 0.25) is 0 Å². The normalized spacial score (nSPS) is 8.23. The van der Waals surface area contributed by atoms with Crippen molar-refractivity contribution in [1.82, 2.24) is 0 Å². The van der Waals surface area contributed by atoms with Gasteiger partial charge in [0.05, 0.1) is 12.7 Å². The quantitative estimate of drug-likeness (QED) is 0.764. The van der Waals surface area contributed by atoms with E-state index in [-0.39, 0.29) is 5.56 Å². The summed E-state index contributed by atoms with van der Waals surface area (Å²) in [6.07, 6.45) is 0. The topological polar surface area (TPSA) is 46.5 Å². The Morgan fingerprint density at radius 2 is 2.00 bits per heavy atom. The first kappa shape index (κ1) is 11.5. The second kappa shape index (κ2) is 6.06. The number of carboxylic acids is 1. The van der Waals surface area contributed by atoms with E-state index in [0.717, 1.165) is 0 Å². The second-order valence-electron chi connectivity index (χ2n) is 2.04. The average molecular weight is 182 g/mol. The monoisotopic (exact) mass is 182 g/mol. The Morgan fingerprint density at radius 1 is 1.38 bits per heavy atom. The Kier molecular flexibility index (Phi) is 5.35. The summed E-state index contributed by atoms with van der Waals surface area (Å²) in [5, 5.41) is 8.55. The number of methoxy groups -OCH3 is 1. The zero-order valence-electron chi connectivity index (χ0n) is 8.07. The summed E-state index contributed by atoms with van der Waals surface area (Å²) in [5.41, 5.74) is 0.240. The molecule has 0 bridgehead atoms. The molecule has 1 aromatic rings. The summed E-state index contributed by atoms with van der Waals surface area (Å²) in [6.45, 7) is 4.00. The Bertz CT molecular complexity index is 269. The molecule has 13 heavy (non-hydrogen) atoms. The minimum absolute atomic E-state index is 0.240. The van der Waals surface area contributed by atoms with Crippen molar-refractivity contribution in [1.29, 1.82) is 0 Å². The summed E-state index contributed by atoms with van der Waals surface area (Å²) < 4.78 is 4.84. The summed E-state index contributed by atoms with van der Waals surface area (Å²) in [7, 11) is 1.50. The van der Waals surface area contributed by atoms with Gasteiger partial charge in [-0.15, -0.1) is 0 Å². The van der Waals surface area contributed by atoms with Crippen LogP contribution < -0.4 is 4.74 Å². The first-order valence-electron chi connectivity index (χ1n) is 4.11. The highest BCUT2D eigenvalue weighted by molar-refractivity contribution is 5.87. The SMILES string of the molecule is CC.COc1cccc(C(=O)O)c1. The van der Waals surface area contributed by atoms with Gasteiger partial charge in [-0.05, 0) is 18.2 Å². The molecule has 3 nitrogen and oxygen atoms in total. The van der Waals surface area contributed by atoms with Gasteiger partial charge in [-0.3, -0.25) is 0 Å². The van der Waals surface area contributed by atoms with Crippen LogP contribution in [0.3, 0.4) is 0 Å². The van der Waals surface area contributed by atoms with Crippen LogP contribution in [0.15, 0.2) is 24.3 Å². The van der Waals surface area contributed by atoms with Gasteiger partial charge >= 0.3 is 5.97 Å². The molecule has 0 aliphatic carbocycles. The maximum absolute atomic E-state index is 10.4. The molecule has 0 aliphatic rings. The predicted molar refractivity (Wildman–Crippen MR) is 51.3 cm³/mol. The number of hydrogen-bond donors (Lipinski definition) is 1. The lowest BCUT2D eigenvalue weighted by Crippen LogP contribution is -1.95. The van der Waals surface area contributed by atoms with Crippen LogP contribution in [0, 0.1) is 0 Å². The number of rotatable bonds is 2. The second-order valence-corrected chi connectivity index (χ2v) is 2.04. The van der Waals surface area contributed by atoms with Crippen LogP contribution in [-0.4, -0.2) is 18.2 Å². The molecule has 1 N–H and O–H groups in total. The van der Waals surface area contributed by atoms with E-state index in [0.29, 0.717) is 5.75 Å². The van der Waals surface area contributed by atoms with Crippen molar-refractivity contribution in [2.75, 3.05) is 7.11 Å². The molecule has 3 heteroatoms. The minimum Gasteiger partial charge on any atom is -0.497 e. The van der Waals surface area contributed by atoms with Gasteiger partial charge in [0, 0.05) is 0 Å². The number of carbonyl (C=O) groups is 1. The van der Waals surface area contributed by atoms with Crippen molar-refractivity contribution >= 4 is 5.97 Å². The first-order chi connectivity index (χ1) is 6.24. The van der Waals surface area contributed by atoms with E-state index in [9.17, 15) is 4.79 Å². The van der Waals surface area contributed by atoms with Crippen molar-refractivity contribution in [2.24, 2.45) is 0 Å². The van der Waals surface area contributed by atoms with Gasteiger partial charge in [-0.2, -0.15) is 0 Å². The van der Waals surface area contributed by atoms with Gasteiger partial charge in [0.25, 0.3) is 0 Å². The fraction of sp³-hybridized carbons (Fsp3) is 0.300.